The van der Waals surface area contributed by atoms with Crippen LogP contribution in [0.2, 0.25) is 0 Å². The van der Waals surface area contributed by atoms with Gasteiger partial charge in [0.15, 0.2) is 0 Å². The lowest BCUT2D eigenvalue weighted by molar-refractivity contribution is -0.128. The third-order valence-corrected chi connectivity index (χ3v) is 4.73. The van der Waals surface area contributed by atoms with Gasteiger partial charge in [-0.2, -0.15) is 0 Å². The average molecular weight is 417 g/mol. The van der Waals surface area contributed by atoms with Gasteiger partial charge in [-0.05, 0) is 54.7 Å². The lowest BCUT2D eigenvalue weighted by Gasteiger charge is -2.15. The summed E-state index contributed by atoms with van der Waals surface area (Å²) in [5, 5.41) is 2.94. The molecular weight excluding hydrogens is 392 g/mol. The molecule has 0 spiro atoms. The lowest BCUT2D eigenvalue weighted by Crippen LogP contribution is -2.23. The third kappa shape index (κ3) is 7.00. The standard InChI is InChI=1S/C21H25BrN2O2/c1-16(25)24(2)15-18-7-5-8-20(14-18)23-21(26)9-4-3-6-17-10-12-19(22)13-11-17/h5,7-8,10-14H,3-4,6,9,15H2,1-2H3,(H,23,26). The monoisotopic (exact) mass is 416 g/mol. The van der Waals surface area contributed by atoms with Crippen LogP contribution in [0.15, 0.2) is 53.0 Å². The molecule has 0 aliphatic rings. The summed E-state index contributed by atoms with van der Waals surface area (Å²) in [6.45, 7) is 2.08. The molecule has 2 amide bonds. The van der Waals surface area contributed by atoms with Gasteiger partial charge in [-0.15, -0.1) is 0 Å². The zero-order chi connectivity index (χ0) is 18.9. The number of carbonyl (C=O) groups is 2. The Morgan fingerprint density at radius 1 is 1.04 bits per heavy atom. The summed E-state index contributed by atoms with van der Waals surface area (Å²) >= 11 is 3.43. The molecule has 2 aromatic rings. The summed E-state index contributed by atoms with van der Waals surface area (Å²) in [7, 11) is 1.76. The zero-order valence-electron chi connectivity index (χ0n) is 15.3. The number of rotatable bonds is 8. The molecule has 4 nitrogen and oxygen atoms in total. The van der Waals surface area contributed by atoms with Crippen LogP contribution in [-0.4, -0.2) is 23.8 Å². The van der Waals surface area contributed by atoms with Gasteiger partial charge in [-0.3, -0.25) is 9.59 Å². The smallest absolute Gasteiger partial charge is 0.224 e. The van der Waals surface area contributed by atoms with Gasteiger partial charge in [0.25, 0.3) is 0 Å². The first-order valence-electron chi connectivity index (χ1n) is 8.79. The number of hydrogen-bond donors (Lipinski definition) is 1. The molecule has 0 unspecified atom stereocenters. The number of benzene rings is 2. The minimum Gasteiger partial charge on any atom is -0.342 e. The van der Waals surface area contributed by atoms with Gasteiger partial charge in [0.05, 0.1) is 0 Å². The molecule has 0 radical (unpaired) electrons. The van der Waals surface area contributed by atoms with Crippen molar-refractivity contribution in [1.29, 1.82) is 0 Å². The number of carbonyl (C=O) groups excluding carboxylic acids is 2. The molecule has 2 aromatic carbocycles. The molecule has 0 saturated heterocycles. The highest BCUT2D eigenvalue weighted by Crippen LogP contribution is 2.15. The predicted octanol–water partition coefficient (Wildman–Crippen LogP) is 4.78. The van der Waals surface area contributed by atoms with E-state index in [1.165, 1.54) is 5.56 Å². The number of nitrogens with one attached hydrogen (secondary N) is 1. The molecule has 0 aliphatic heterocycles. The Morgan fingerprint density at radius 2 is 1.77 bits per heavy atom. The Hall–Kier alpha value is -2.14. The molecule has 0 bridgehead atoms. The number of halogens is 1. The molecule has 26 heavy (non-hydrogen) atoms. The van der Waals surface area contributed by atoms with Crippen LogP contribution < -0.4 is 5.32 Å². The van der Waals surface area contributed by atoms with Crippen LogP contribution in [0, 0.1) is 0 Å². The summed E-state index contributed by atoms with van der Waals surface area (Å²) in [5.41, 5.74) is 3.06. The van der Waals surface area contributed by atoms with Crippen LogP contribution in [-0.2, 0) is 22.6 Å². The van der Waals surface area contributed by atoms with Crippen LogP contribution in [0.4, 0.5) is 5.69 Å². The second-order valence-corrected chi connectivity index (χ2v) is 7.37. The van der Waals surface area contributed by atoms with Gasteiger partial charge < -0.3 is 10.2 Å². The molecule has 0 fully saturated rings. The summed E-state index contributed by atoms with van der Waals surface area (Å²) in [4.78, 5) is 25.1. The van der Waals surface area contributed by atoms with Crippen molar-refractivity contribution in [2.45, 2.75) is 39.2 Å². The van der Waals surface area contributed by atoms with Crippen LogP contribution in [0.1, 0.15) is 37.3 Å². The van der Waals surface area contributed by atoms with Crippen molar-refractivity contribution < 1.29 is 9.59 Å². The van der Waals surface area contributed by atoms with Crippen molar-refractivity contribution in [2.75, 3.05) is 12.4 Å². The van der Waals surface area contributed by atoms with E-state index in [2.05, 4.69) is 33.4 Å². The highest BCUT2D eigenvalue weighted by Gasteiger charge is 2.06. The topological polar surface area (TPSA) is 49.4 Å². The first-order chi connectivity index (χ1) is 12.4. The number of nitrogens with zero attached hydrogens (tertiary/aromatic N) is 1. The Balaban J connectivity index is 1.75. The van der Waals surface area contributed by atoms with Crippen LogP contribution in [0.3, 0.4) is 0 Å². The van der Waals surface area contributed by atoms with Crippen LogP contribution in [0.5, 0.6) is 0 Å². The van der Waals surface area contributed by atoms with Gasteiger partial charge >= 0.3 is 0 Å². The predicted molar refractivity (Wildman–Crippen MR) is 109 cm³/mol. The van der Waals surface area contributed by atoms with Crippen LogP contribution in [0.25, 0.3) is 0 Å². The maximum absolute atomic E-state index is 12.1. The van der Waals surface area contributed by atoms with E-state index in [-0.39, 0.29) is 11.8 Å². The van der Waals surface area contributed by atoms with Crippen molar-refractivity contribution in [1.82, 2.24) is 4.90 Å². The van der Waals surface area contributed by atoms with Crippen LogP contribution >= 0.6 is 15.9 Å². The number of amides is 2. The molecule has 138 valence electrons. The van der Waals surface area contributed by atoms with Crippen molar-refractivity contribution in [3.05, 3.63) is 64.1 Å². The Labute approximate surface area is 163 Å². The quantitative estimate of drug-likeness (QED) is 0.629. The van der Waals surface area contributed by atoms with E-state index in [4.69, 9.17) is 0 Å². The Kier molecular flexibility index (Phi) is 7.85. The number of hydrogen-bond acceptors (Lipinski definition) is 2. The normalized spacial score (nSPS) is 10.4. The fourth-order valence-electron chi connectivity index (χ4n) is 2.62. The second-order valence-electron chi connectivity index (χ2n) is 6.46. The van der Waals surface area contributed by atoms with Gasteiger partial charge in [0.2, 0.25) is 11.8 Å². The largest absolute Gasteiger partial charge is 0.342 e. The molecule has 0 saturated carbocycles. The fraction of sp³-hybridized carbons (Fsp3) is 0.333. The summed E-state index contributed by atoms with van der Waals surface area (Å²) in [6, 6.07) is 15.9. The summed E-state index contributed by atoms with van der Waals surface area (Å²) in [5.74, 6) is 0.0445. The van der Waals surface area contributed by atoms with Crippen molar-refractivity contribution in [3.63, 3.8) is 0 Å². The Bertz CT molecular complexity index is 744. The number of aryl methyl sites for hydroxylation is 1. The third-order valence-electron chi connectivity index (χ3n) is 4.20. The molecule has 0 heterocycles. The highest BCUT2D eigenvalue weighted by atomic mass is 79.9. The molecule has 5 heteroatoms. The fourth-order valence-corrected chi connectivity index (χ4v) is 2.89. The van der Waals surface area contributed by atoms with E-state index in [1.54, 1.807) is 18.9 Å². The molecule has 0 atom stereocenters. The van der Waals surface area contributed by atoms with E-state index in [9.17, 15) is 9.59 Å². The van der Waals surface area contributed by atoms with Crippen molar-refractivity contribution in [3.8, 4) is 0 Å². The number of unbranched alkanes of at least 4 members (excludes halogenated alkanes) is 1. The SMILES string of the molecule is CC(=O)N(C)Cc1cccc(NC(=O)CCCCc2ccc(Br)cc2)c1. The van der Waals surface area contributed by atoms with Gasteiger partial charge in [-0.1, -0.05) is 40.2 Å². The molecule has 0 aliphatic carbocycles. The van der Waals surface area contributed by atoms with Crippen molar-refractivity contribution in [2.24, 2.45) is 0 Å². The highest BCUT2D eigenvalue weighted by molar-refractivity contribution is 9.10. The zero-order valence-corrected chi connectivity index (χ0v) is 16.9. The van der Waals surface area contributed by atoms with E-state index >= 15 is 0 Å². The number of anilines is 1. The van der Waals surface area contributed by atoms with Gasteiger partial charge in [-0.25, -0.2) is 0 Å². The minimum absolute atomic E-state index is 0.0187. The first kappa shape index (κ1) is 20.2. The van der Waals surface area contributed by atoms with Crippen molar-refractivity contribution >= 4 is 33.4 Å². The molecule has 2 rings (SSSR count). The second kappa shape index (κ2) is 10.1. The Morgan fingerprint density at radius 3 is 2.46 bits per heavy atom. The lowest BCUT2D eigenvalue weighted by atomic mass is 10.1. The van der Waals surface area contributed by atoms with E-state index < -0.39 is 0 Å². The maximum Gasteiger partial charge on any atom is 0.224 e. The van der Waals surface area contributed by atoms with E-state index in [1.807, 2.05) is 36.4 Å². The molecule has 0 aromatic heterocycles. The van der Waals surface area contributed by atoms with Gasteiger partial charge in [0, 0.05) is 37.1 Å². The van der Waals surface area contributed by atoms with E-state index in [0.717, 1.165) is 35.0 Å². The molecule has 1 N–H and O–H groups in total. The first-order valence-corrected chi connectivity index (χ1v) is 9.58. The summed E-state index contributed by atoms with van der Waals surface area (Å²) < 4.78 is 1.08. The average Bonchev–Trinajstić information content (AvgIpc) is 2.60. The van der Waals surface area contributed by atoms with E-state index in [0.29, 0.717) is 13.0 Å². The minimum atomic E-state index is 0.0187. The maximum atomic E-state index is 12.1. The molecular formula is C21H25BrN2O2. The van der Waals surface area contributed by atoms with Gasteiger partial charge in [0.1, 0.15) is 0 Å². The summed E-state index contributed by atoms with van der Waals surface area (Å²) in [6.07, 6.45) is 3.33.